The van der Waals surface area contributed by atoms with Crippen LogP contribution in [0.25, 0.3) is 0 Å². The SMILES string of the molecule is CC1CCCC(CO)N1CC(=O)Nc1cccc(F)c1. The number of halogens is 1. The number of carbonyl (C=O) groups excluding carboxylic acids is 1. The van der Waals surface area contributed by atoms with Crippen LogP contribution in [0.1, 0.15) is 26.2 Å². The number of aliphatic hydroxyl groups excluding tert-OH is 1. The van der Waals surface area contributed by atoms with Crippen LogP contribution < -0.4 is 5.32 Å². The van der Waals surface area contributed by atoms with Crippen LogP contribution in [0.3, 0.4) is 0 Å². The van der Waals surface area contributed by atoms with Crippen LogP contribution in [-0.4, -0.2) is 41.1 Å². The molecule has 1 saturated heterocycles. The fourth-order valence-electron chi connectivity index (χ4n) is 2.75. The molecule has 0 aromatic heterocycles. The van der Waals surface area contributed by atoms with Gasteiger partial charge in [-0.05, 0) is 38.0 Å². The normalized spacial score (nSPS) is 23.6. The Morgan fingerprint density at radius 3 is 3.00 bits per heavy atom. The van der Waals surface area contributed by atoms with Gasteiger partial charge in [-0.3, -0.25) is 9.69 Å². The Kier molecular flexibility index (Phi) is 5.09. The van der Waals surface area contributed by atoms with Crippen molar-refractivity contribution in [2.24, 2.45) is 0 Å². The Hall–Kier alpha value is -1.46. The van der Waals surface area contributed by atoms with Gasteiger partial charge in [0.1, 0.15) is 5.82 Å². The summed E-state index contributed by atoms with van der Waals surface area (Å²) in [4.78, 5) is 14.1. The first-order valence-electron chi connectivity index (χ1n) is 7.02. The highest BCUT2D eigenvalue weighted by atomic mass is 19.1. The zero-order valence-corrected chi connectivity index (χ0v) is 11.7. The Labute approximate surface area is 118 Å². The van der Waals surface area contributed by atoms with Gasteiger partial charge in [0.15, 0.2) is 0 Å². The molecule has 2 N–H and O–H groups in total. The maximum absolute atomic E-state index is 13.1. The van der Waals surface area contributed by atoms with Crippen molar-refractivity contribution in [2.75, 3.05) is 18.5 Å². The van der Waals surface area contributed by atoms with E-state index in [9.17, 15) is 14.3 Å². The third kappa shape index (κ3) is 3.77. The van der Waals surface area contributed by atoms with E-state index < -0.39 is 0 Å². The molecule has 110 valence electrons. The van der Waals surface area contributed by atoms with Crippen LogP contribution in [0.15, 0.2) is 24.3 Å². The maximum atomic E-state index is 13.1. The number of likely N-dealkylation sites (tertiary alicyclic amines) is 1. The Morgan fingerprint density at radius 2 is 2.30 bits per heavy atom. The van der Waals surface area contributed by atoms with Gasteiger partial charge in [0, 0.05) is 17.8 Å². The Bertz CT molecular complexity index is 467. The van der Waals surface area contributed by atoms with Gasteiger partial charge in [0.2, 0.25) is 5.91 Å². The lowest BCUT2D eigenvalue weighted by Gasteiger charge is -2.39. The van der Waals surface area contributed by atoms with E-state index in [4.69, 9.17) is 0 Å². The van der Waals surface area contributed by atoms with Crippen molar-refractivity contribution in [2.45, 2.75) is 38.3 Å². The molecule has 20 heavy (non-hydrogen) atoms. The van der Waals surface area contributed by atoms with Gasteiger partial charge in [0.05, 0.1) is 13.2 Å². The summed E-state index contributed by atoms with van der Waals surface area (Å²) in [6, 6.07) is 6.16. The number of anilines is 1. The van der Waals surface area contributed by atoms with Crippen LogP contribution in [0.2, 0.25) is 0 Å². The molecule has 2 atom stereocenters. The highest BCUT2D eigenvalue weighted by molar-refractivity contribution is 5.92. The molecule has 1 aromatic rings. The molecular formula is C15H21FN2O2. The van der Waals surface area contributed by atoms with Gasteiger partial charge >= 0.3 is 0 Å². The molecule has 2 unspecified atom stereocenters. The van der Waals surface area contributed by atoms with Crippen LogP contribution in [0.4, 0.5) is 10.1 Å². The van der Waals surface area contributed by atoms with Crippen LogP contribution in [0.5, 0.6) is 0 Å². The van der Waals surface area contributed by atoms with Crippen molar-refractivity contribution in [3.05, 3.63) is 30.1 Å². The minimum atomic E-state index is -0.373. The summed E-state index contributed by atoms with van der Waals surface area (Å²) < 4.78 is 13.1. The molecule has 1 fully saturated rings. The van der Waals surface area contributed by atoms with E-state index >= 15 is 0 Å². The molecule has 5 heteroatoms. The van der Waals surface area contributed by atoms with Gasteiger partial charge in [0.25, 0.3) is 0 Å². The van der Waals surface area contributed by atoms with Crippen molar-refractivity contribution in [1.82, 2.24) is 4.90 Å². The fourth-order valence-corrected chi connectivity index (χ4v) is 2.75. The smallest absolute Gasteiger partial charge is 0.238 e. The number of benzene rings is 1. The summed E-state index contributed by atoms with van der Waals surface area (Å²) in [5, 5.41) is 12.1. The predicted molar refractivity (Wildman–Crippen MR) is 75.9 cm³/mol. The second kappa shape index (κ2) is 6.81. The molecule has 2 rings (SSSR count). The van der Waals surface area contributed by atoms with Crippen molar-refractivity contribution < 1.29 is 14.3 Å². The number of amides is 1. The number of hydrogen-bond donors (Lipinski definition) is 2. The molecule has 0 bridgehead atoms. The van der Waals surface area contributed by atoms with E-state index in [1.165, 1.54) is 12.1 Å². The molecule has 1 amide bonds. The van der Waals surface area contributed by atoms with Crippen molar-refractivity contribution in [1.29, 1.82) is 0 Å². The summed E-state index contributed by atoms with van der Waals surface area (Å²) in [7, 11) is 0. The minimum Gasteiger partial charge on any atom is -0.395 e. The lowest BCUT2D eigenvalue weighted by atomic mass is 9.97. The van der Waals surface area contributed by atoms with Crippen LogP contribution >= 0.6 is 0 Å². The Balaban J connectivity index is 1.96. The van der Waals surface area contributed by atoms with Crippen molar-refractivity contribution in [3.63, 3.8) is 0 Å². The summed E-state index contributed by atoms with van der Waals surface area (Å²) in [5.41, 5.74) is 0.459. The molecule has 1 aliphatic heterocycles. The average Bonchev–Trinajstić information content (AvgIpc) is 2.41. The molecule has 0 aliphatic carbocycles. The number of nitrogens with zero attached hydrogens (tertiary/aromatic N) is 1. The largest absolute Gasteiger partial charge is 0.395 e. The maximum Gasteiger partial charge on any atom is 0.238 e. The van der Waals surface area contributed by atoms with Gasteiger partial charge < -0.3 is 10.4 Å². The van der Waals surface area contributed by atoms with Crippen LogP contribution in [-0.2, 0) is 4.79 Å². The van der Waals surface area contributed by atoms with E-state index in [-0.39, 0.29) is 37.0 Å². The fraction of sp³-hybridized carbons (Fsp3) is 0.533. The summed E-state index contributed by atoms with van der Waals surface area (Å²) in [6.45, 7) is 2.36. The standard InChI is InChI=1S/C15H21FN2O2/c1-11-4-2-7-14(10-19)18(11)9-15(20)17-13-6-3-5-12(16)8-13/h3,5-6,8,11,14,19H,2,4,7,9-10H2,1H3,(H,17,20). The minimum absolute atomic E-state index is 0.0389. The average molecular weight is 280 g/mol. The summed E-state index contributed by atoms with van der Waals surface area (Å²) in [5.74, 6) is -0.551. The van der Waals surface area contributed by atoms with Gasteiger partial charge in [-0.2, -0.15) is 0 Å². The quantitative estimate of drug-likeness (QED) is 0.887. The lowest BCUT2D eigenvalue weighted by Crippen LogP contribution is -2.50. The monoisotopic (exact) mass is 280 g/mol. The number of rotatable bonds is 4. The molecule has 0 radical (unpaired) electrons. The predicted octanol–water partition coefficient (Wildman–Crippen LogP) is 2.00. The molecule has 0 saturated carbocycles. The zero-order valence-electron chi connectivity index (χ0n) is 11.7. The first-order chi connectivity index (χ1) is 9.60. The van der Waals surface area contributed by atoms with E-state index in [1.807, 2.05) is 4.90 Å². The first-order valence-corrected chi connectivity index (χ1v) is 7.02. The lowest BCUT2D eigenvalue weighted by molar-refractivity contribution is -0.119. The number of carbonyl (C=O) groups is 1. The van der Waals surface area contributed by atoms with Crippen molar-refractivity contribution in [3.8, 4) is 0 Å². The molecule has 1 aromatic carbocycles. The second-order valence-electron chi connectivity index (χ2n) is 5.35. The summed E-state index contributed by atoms with van der Waals surface area (Å²) in [6.07, 6.45) is 3.02. The van der Waals surface area contributed by atoms with Crippen molar-refractivity contribution >= 4 is 11.6 Å². The summed E-state index contributed by atoms with van der Waals surface area (Å²) >= 11 is 0. The third-order valence-electron chi connectivity index (χ3n) is 3.84. The molecule has 1 aliphatic rings. The van der Waals surface area contributed by atoms with E-state index in [0.717, 1.165) is 19.3 Å². The number of aliphatic hydroxyl groups is 1. The number of piperidine rings is 1. The van der Waals surface area contributed by atoms with Crippen LogP contribution in [0, 0.1) is 5.82 Å². The molecule has 1 heterocycles. The first kappa shape index (κ1) is 14.9. The van der Waals surface area contributed by atoms with Gasteiger partial charge in [-0.1, -0.05) is 12.5 Å². The third-order valence-corrected chi connectivity index (χ3v) is 3.84. The topological polar surface area (TPSA) is 52.6 Å². The van der Waals surface area contributed by atoms with Gasteiger partial charge in [-0.15, -0.1) is 0 Å². The van der Waals surface area contributed by atoms with E-state index in [2.05, 4.69) is 12.2 Å². The number of nitrogens with one attached hydrogen (secondary N) is 1. The molecular weight excluding hydrogens is 259 g/mol. The second-order valence-corrected chi connectivity index (χ2v) is 5.35. The Morgan fingerprint density at radius 1 is 1.50 bits per heavy atom. The highest BCUT2D eigenvalue weighted by Gasteiger charge is 2.28. The highest BCUT2D eigenvalue weighted by Crippen LogP contribution is 2.22. The number of hydrogen-bond acceptors (Lipinski definition) is 3. The zero-order chi connectivity index (χ0) is 14.5. The van der Waals surface area contributed by atoms with E-state index in [0.29, 0.717) is 5.69 Å². The molecule has 4 nitrogen and oxygen atoms in total. The van der Waals surface area contributed by atoms with E-state index in [1.54, 1.807) is 12.1 Å². The molecule has 0 spiro atoms. The van der Waals surface area contributed by atoms with Gasteiger partial charge in [-0.25, -0.2) is 4.39 Å².